The Labute approximate surface area is 131 Å². The van der Waals surface area contributed by atoms with Crippen molar-refractivity contribution >= 4 is 10.4 Å². The van der Waals surface area contributed by atoms with Crippen molar-refractivity contribution < 1.29 is 17.2 Å². The fraction of sp³-hybridized carbons (Fsp3) is 1.00. The molecule has 0 aromatic heterocycles. The Hall–Kier alpha value is -0.130. The van der Waals surface area contributed by atoms with Gasteiger partial charge in [-0.1, -0.05) is 78.6 Å². The van der Waals surface area contributed by atoms with E-state index in [1.807, 2.05) is 6.92 Å². The van der Waals surface area contributed by atoms with Gasteiger partial charge in [-0.25, -0.2) is 4.18 Å². The molecule has 0 aliphatic rings. The van der Waals surface area contributed by atoms with Crippen molar-refractivity contribution in [3.63, 3.8) is 0 Å². The molecule has 4 nitrogen and oxygen atoms in total. The summed E-state index contributed by atoms with van der Waals surface area (Å²) in [5, 5.41) is 0. The van der Waals surface area contributed by atoms with Crippen LogP contribution in [0.15, 0.2) is 0 Å². The first-order valence-corrected chi connectivity index (χ1v) is 9.83. The molecule has 5 heteroatoms. The van der Waals surface area contributed by atoms with E-state index in [4.69, 9.17) is 4.55 Å². The zero-order chi connectivity index (χ0) is 16.1. The molecule has 21 heavy (non-hydrogen) atoms. The van der Waals surface area contributed by atoms with E-state index in [-0.39, 0.29) is 12.5 Å². The van der Waals surface area contributed by atoms with Crippen LogP contribution in [0.2, 0.25) is 0 Å². The lowest BCUT2D eigenvalue weighted by molar-refractivity contribution is 0.210. The Morgan fingerprint density at radius 1 is 0.905 bits per heavy atom. The summed E-state index contributed by atoms with van der Waals surface area (Å²) in [6, 6.07) is 0. The van der Waals surface area contributed by atoms with Gasteiger partial charge in [-0.05, 0) is 18.3 Å². The first-order chi connectivity index (χ1) is 9.85. The van der Waals surface area contributed by atoms with Gasteiger partial charge in [-0.15, -0.1) is 0 Å². The van der Waals surface area contributed by atoms with E-state index >= 15 is 0 Å². The van der Waals surface area contributed by atoms with Crippen LogP contribution in [-0.4, -0.2) is 19.6 Å². The van der Waals surface area contributed by atoms with Crippen molar-refractivity contribution in [2.75, 3.05) is 6.61 Å². The minimum atomic E-state index is -4.29. The van der Waals surface area contributed by atoms with Gasteiger partial charge in [0, 0.05) is 0 Å². The van der Waals surface area contributed by atoms with Crippen LogP contribution in [0.25, 0.3) is 0 Å². The maximum absolute atomic E-state index is 10.5. The van der Waals surface area contributed by atoms with Crippen molar-refractivity contribution in [2.45, 2.75) is 85.0 Å². The van der Waals surface area contributed by atoms with Gasteiger partial charge in [-0.3, -0.25) is 4.55 Å². The molecule has 0 rings (SSSR count). The van der Waals surface area contributed by atoms with E-state index in [1.165, 1.54) is 57.8 Å². The van der Waals surface area contributed by atoms with Crippen LogP contribution >= 0.6 is 0 Å². The average Bonchev–Trinajstić information content (AvgIpc) is 2.39. The highest BCUT2D eigenvalue weighted by molar-refractivity contribution is 7.80. The molecule has 0 radical (unpaired) electrons. The lowest BCUT2D eigenvalue weighted by Gasteiger charge is -2.16. The Kier molecular flexibility index (Phi) is 12.3. The molecular weight excluding hydrogens is 288 g/mol. The third kappa shape index (κ3) is 16.1. The van der Waals surface area contributed by atoms with Crippen LogP contribution in [0.4, 0.5) is 0 Å². The van der Waals surface area contributed by atoms with Crippen molar-refractivity contribution in [2.24, 2.45) is 11.8 Å². The molecule has 0 saturated heterocycles. The van der Waals surface area contributed by atoms with Gasteiger partial charge < -0.3 is 0 Å². The zero-order valence-electron chi connectivity index (χ0n) is 14.0. The quantitative estimate of drug-likeness (QED) is 0.361. The fourth-order valence-corrected chi connectivity index (χ4v) is 3.11. The molecule has 0 spiro atoms. The average molecular weight is 323 g/mol. The van der Waals surface area contributed by atoms with Crippen LogP contribution in [0.3, 0.4) is 0 Å². The van der Waals surface area contributed by atoms with Crippen molar-refractivity contribution in [3.8, 4) is 0 Å². The maximum Gasteiger partial charge on any atom is 0.397 e. The third-order valence-electron chi connectivity index (χ3n) is 3.86. The summed E-state index contributed by atoms with van der Waals surface area (Å²) >= 11 is 0. The standard InChI is InChI=1S/C16H34O4S/c1-4-5-6-7-8-9-10-11-12-15(2)13-16(3)14-20-21(17,18)19/h15-16H,4-14H2,1-3H3,(H,17,18,19). The van der Waals surface area contributed by atoms with Gasteiger partial charge >= 0.3 is 10.4 Å². The number of hydrogen-bond donors (Lipinski definition) is 1. The maximum atomic E-state index is 10.5. The molecule has 1 N–H and O–H groups in total. The molecule has 2 atom stereocenters. The van der Waals surface area contributed by atoms with E-state index in [0.717, 1.165) is 6.42 Å². The molecule has 2 unspecified atom stereocenters. The summed E-state index contributed by atoms with van der Waals surface area (Å²) in [5.74, 6) is 0.723. The SMILES string of the molecule is CCCCCCCCCCC(C)CC(C)COS(=O)(=O)O. The monoisotopic (exact) mass is 322 g/mol. The van der Waals surface area contributed by atoms with E-state index in [1.54, 1.807) is 0 Å². The number of rotatable bonds is 14. The second-order valence-corrected chi connectivity index (χ2v) is 7.51. The molecule has 0 bridgehead atoms. The molecule has 0 aromatic carbocycles. The second kappa shape index (κ2) is 12.4. The highest BCUT2D eigenvalue weighted by Gasteiger charge is 2.12. The van der Waals surface area contributed by atoms with Gasteiger partial charge in [0.1, 0.15) is 0 Å². The second-order valence-electron chi connectivity index (χ2n) is 6.42. The summed E-state index contributed by atoms with van der Waals surface area (Å²) in [5.41, 5.74) is 0. The smallest absolute Gasteiger partial charge is 0.264 e. The Bertz CT molecular complexity index is 327. The summed E-state index contributed by atoms with van der Waals surface area (Å²) in [6.07, 6.45) is 12.8. The molecule has 128 valence electrons. The normalized spacial score (nSPS) is 15.0. The fourth-order valence-electron chi connectivity index (χ4n) is 2.70. The minimum Gasteiger partial charge on any atom is -0.264 e. The predicted molar refractivity (Wildman–Crippen MR) is 87.7 cm³/mol. The summed E-state index contributed by atoms with van der Waals surface area (Å²) in [6.45, 7) is 6.46. The summed E-state index contributed by atoms with van der Waals surface area (Å²) in [4.78, 5) is 0. The Morgan fingerprint density at radius 3 is 1.95 bits per heavy atom. The van der Waals surface area contributed by atoms with E-state index in [9.17, 15) is 8.42 Å². The van der Waals surface area contributed by atoms with E-state index in [0.29, 0.717) is 5.92 Å². The summed E-state index contributed by atoms with van der Waals surface area (Å²) < 4.78 is 33.9. The zero-order valence-corrected chi connectivity index (χ0v) is 14.8. The minimum absolute atomic E-state index is 0.0700. The lowest BCUT2D eigenvalue weighted by Crippen LogP contribution is -2.14. The Balaban J connectivity index is 3.47. The van der Waals surface area contributed by atoms with Gasteiger partial charge in [0.15, 0.2) is 0 Å². The molecule has 0 amide bonds. The first kappa shape index (κ1) is 20.9. The predicted octanol–water partition coefficient (Wildman–Crippen LogP) is 5.00. The molecule has 0 aliphatic heterocycles. The van der Waals surface area contributed by atoms with Gasteiger partial charge in [0.2, 0.25) is 0 Å². The van der Waals surface area contributed by atoms with E-state index < -0.39 is 10.4 Å². The molecule has 0 fully saturated rings. The summed E-state index contributed by atoms with van der Waals surface area (Å²) in [7, 11) is -4.29. The molecule has 0 heterocycles. The van der Waals surface area contributed by atoms with Crippen LogP contribution in [0.5, 0.6) is 0 Å². The first-order valence-electron chi connectivity index (χ1n) is 8.47. The van der Waals surface area contributed by atoms with Crippen LogP contribution in [-0.2, 0) is 14.6 Å². The largest absolute Gasteiger partial charge is 0.397 e. The number of unbranched alkanes of at least 4 members (excludes halogenated alkanes) is 7. The van der Waals surface area contributed by atoms with Gasteiger partial charge in [0.05, 0.1) is 6.61 Å². The van der Waals surface area contributed by atoms with Gasteiger partial charge in [0.25, 0.3) is 0 Å². The van der Waals surface area contributed by atoms with Crippen molar-refractivity contribution in [1.82, 2.24) is 0 Å². The van der Waals surface area contributed by atoms with Crippen LogP contribution < -0.4 is 0 Å². The topological polar surface area (TPSA) is 63.6 Å². The Morgan fingerprint density at radius 2 is 1.43 bits per heavy atom. The third-order valence-corrected chi connectivity index (χ3v) is 4.29. The highest BCUT2D eigenvalue weighted by Crippen LogP contribution is 2.19. The lowest BCUT2D eigenvalue weighted by atomic mass is 9.93. The molecule has 0 aromatic rings. The molecule has 0 saturated carbocycles. The van der Waals surface area contributed by atoms with Crippen molar-refractivity contribution in [3.05, 3.63) is 0 Å². The van der Waals surface area contributed by atoms with Crippen LogP contribution in [0.1, 0.15) is 85.0 Å². The van der Waals surface area contributed by atoms with E-state index in [2.05, 4.69) is 18.0 Å². The molecule has 0 aliphatic carbocycles. The highest BCUT2D eigenvalue weighted by atomic mass is 32.3. The van der Waals surface area contributed by atoms with Gasteiger partial charge in [-0.2, -0.15) is 8.42 Å². The number of hydrogen-bond acceptors (Lipinski definition) is 3. The van der Waals surface area contributed by atoms with Crippen LogP contribution in [0, 0.1) is 11.8 Å². The van der Waals surface area contributed by atoms with Crippen molar-refractivity contribution in [1.29, 1.82) is 0 Å². The molecular formula is C16H34O4S.